The van der Waals surface area contributed by atoms with Crippen molar-refractivity contribution in [2.75, 3.05) is 45.8 Å². The molecule has 7 rings (SSSR count). The molecule has 3 fully saturated rings. The van der Waals surface area contributed by atoms with Crippen molar-refractivity contribution in [3.05, 3.63) is 75.3 Å². The zero-order valence-corrected chi connectivity index (χ0v) is 29.4. The molecule has 2 aromatic rings. The molecule has 0 saturated carbocycles. The third-order valence-electron chi connectivity index (χ3n) is 11.3. The fourth-order valence-electron chi connectivity index (χ4n) is 8.48. The molecule has 2 atom stereocenters. The van der Waals surface area contributed by atoms with Crippen LogP contribution in [0.2, 0.25) is 5.02 Å². The number of imide groups is 1. The molecule has 1 N–H and O–H groups in total. The Hall–Kier alpha value is -3.67. The van der Waals surface area contributed by atoms with E-state index < -0.39 is 42.3 Å². The summed E-state index contributed by atoms with van der Waals surface area (Å²) in [7, 11) is 0. The maximum Gasteiger partial charge on any atom is 0.280 e. The Kier molecular flexibility index (Phi) is 9.36. The molecule has 5 aliphatic rings. The summed E-state index contributed by atoms with van der Waals surface area (Å²) in [5.74, 6) is -5.16. The second-order valence-electron chi connectivity index (χ2n) is 15.3. The van der Waals surface area contributed by atoms with Crippen molar-refractivity contribution in [3.8, 4) is 0 Å². The van der Waals surface area contributed by atoms with E-state index in [1.807, 2.05) is 17.0 Å². The molecule has 3 saturated heterocycles. The Morgan fingerprint density at radius 1 is 0.960 bits per heavy atom. The van der Waals surface area contributed by atoms with Crippen molar-refractivity contribution in [1.82, 2.24) is 24.9 Å². The number of hydrogen-bond donors (Lipinski definition) is 1. The molecule has 2 unspecified atom stereocenters. The van der Waals surface area contributed by atoms with Crippen LogP contribution in [0, 0.1) is 5.41 Å². The van der Waals surface area contributed by atoms with Gasteiger partial charge in [-0.15, -0.1) is 0 Å². The molecule has 2 aromatic carbocycles. The minimum atomic E-state index is -3.13. The molecule has 0 aromatic heterocycles. The van der Waals surface area contributed by atoms with Crippen LogP contribution in [0.1, 0.15) is 84.2 Å². The van der Waals surface area contributed by atoms with Crippen molar-refractivity contribution < 1.29 is 28.0 Å². The van der Waals surface area contributed by atoms with Crippen LogP contribution < -0.4 is 5.32 Å². The first-order chi connectivity index (χ1) is 23.8. The molecule has 9 nitrogen and oxygen atoms in total. The zero-order chi connectivity index (χ0) is 35.4. The molecule has 12 heteroatoms. The first-order valence-corrected chi connectivity index (χ1v) is 18.0. The molecule has 4 aliphatic heterocycles. The number of fused-ring (bicyclic) bond motifs is 1. The first kappa shape index (κ1) is 34.8. The fraction of sp³-hybridized carbons (Fsp3) is 0.526. The zero-order valence-electron chi connectivity index (χ0n) is 28.7. The summed E-state index contributed by atoms with van der Waals surface area (Å²) in [5.41, 5.74) is 5.00. The molecule has 50 heavy (non-hydrogen) atoms. The van der Waals surface area contributed by atoms with Crippen LogP contribution in [0.25, 0.3) is 5.57 Å². The van der Waals surface area contributed by atoms with Gasteiger partial charge in [-0.05, 0) is 72.4 Å². The van der Waals surface area contributed by atoms with Gasteiger partial charge in [0.2, 0.25) is 11.8 Å². The normalized spacial score (nSPS) is 25.9. The fourth-order valence-corrected chi connectivity index (χ4v) is 8.61. The number of carbonyl (C=O) groups is 4. The SMILES string of the molecule is CC1(C)CCC(CN2CCN(C3CCN(C(=O)c4cccc5c4C(=O)N(C4CCC(=O)NC4=O)C5)CC3(F)F)CC2)=C(c2ccc(Cl)cc2)C1. The Balaban J connectivity index is 0.985. The van der Waals surface area contributed by atoms with Gasteiger partial charge in [-0.25, -0.2) is 8.78 Å². The minimum absolute atomic E-state index is 0.0727. The standard InChI is InChI=1S/C38H44ClF2N5O4/c1-37(2)14-12-25(29(20-37)24-6-8-27(39)9-7-24)21-43-16-18-44(19-17-43)31-13-15-45(23-38(31,40)41)35(49)28-5-3-4-26-22-46(36(50)33(26)28)30-10-11-32(47)42-34(30)48/h3-9,30-31H,10-23H2,1-2H3,(H,42,47,48). The van der Waals surface area contributed by atoms with E-state index in [1.165, 1.54) is 32.6 Å². The van der Waals surface area contributed by atoms with Crippen LogP contribution in [-0.4, -0.2) is 107 Å². The Morgan fingerprint density at radius 3 is 2.40 bits per heavy atom. The molecular weight excluding hydrogens is 664 g/mol. The van der Waals surface area contributed by atoms with Crippen LogP contribution in [0.5, 0.6) is 0 Å². The molecule has 266 valence electrons. The molecule has 4 heterocycles. The Bertz CT molecular complexity index is 1740. The number of piperazine rings is 1. The van der Waals surface area contributed by atoms with E-state index >= 15 is 8.78 Å². The first-order valence-electron chi connectivity index (χ1n) is 17.7. The number of benzene rings is 2. The van der Waals surface area contributed by atoms with Gasteiger partial charge in [-0.3, -0.25) is 34.3 Å². The van der Waals surface area contributed by atoms with Crippen molar-refractivity contribution >= 4 is 40.8 Å². The maximum atomic E-state index is 15.9. The summed E-state index contributed by atoms with van der Waals surface area (Å²) in [5, 5.41) is 2.99. The molecular formula is C38H44ClF2N5O4. The highest BCUT2D eigenvalue weighted by atomic mass is 35.5. The number of likely N-dealkylation sites (tertiary alicyclic amines) is 1. The molecule has 4 amide bonds. The summed E-state index contributed by atoms with van der Waals surface area (Å²) >= 11 is 6.18. The van der Waals surface area contributed by atoms with E-state index in [0.29, 0.717) is 36.8 Å². The van der Waals surface area contributed by atoms with E-state index in [-0.39, 0.29) is 54.8 Å². The topological polar surface area (TPSA) is 93.3 Å². The highest BCUT2D eigenvalue weighted by Gasteiger charge is 2.50. The average molecular weight is 708 g/mol. The van der Waals surface area contributed by atoms with Gasteiger partial charge in [0, 0.05) is 57.3 Å². The number of nitrogens with zero attached hydrogens (tertiary/aromatic N) is 4. The van der Waals surface area contributed by atoms with Crippen molar-refractivity contribution in [3.63, 3.8) is 0 Å². The van der Waals surface area contributed by atoms with Crippen LogP contribution in [0.3, 0.4) is 0 Å². The van der Waals surface area contributed by atoms with E-state index in [9.17, 15) is 19.2 Å². The summed E-state index contributed by atoms with van der Waals surface area (Å²) in [4.78, 5) is 58.2. The predicted molar refractivity (Wildman–Crippen MR) is 186 cm³/mol. The third-order valence-corrected chi connectivity index (χ3v) is 11.5. The quantitative estimate of drug-likeness (QED) is 0.414. The Morgan fingerprint density at radius 2 is 1.70 bits per heavy atom. The van der Waals surface area contributed by atoms with E-state index in [2.05, 4.69) is 36.2 Å². The average Bonchev–Trinajstić information content (AvgIpc) is 3.41. The highest BCUT2D eigenvalue weighted by molar-refractivity contribution is 6.30. The van der Waals surface area contributed by atoms with Gasteiger partial charge in [0.05, 0.1) is 23.7 Å². The highest BCUT2D eigenvalue weighted by Crippen LogP contribution is 2.43. The lowest BCUT2D eigenvalue weighted by molar-refractivity contribution is -0.136. The van der Waals surface area contributed by atoms with E-state index in [1.54, 1.807) is 12.1 Å². The summed E-state index contributed by atoms with van der Waals surface area (Å²) in [6, 6.07) is 11.1. The summed E-state index contributed by atoms with van der Waals surface area (Å²) in [6.07, 6.45) is 3.56. The van der Waals surface area contributed by atoms with Crippen molar-refractivity contribution in [2.24, 2.45) is 5.41 Å². The van der Waals surface area contributed by atoms with Gasteiger partial charge in [0.25, 0.3) is 17.7 Å². The number of halogens is 3. The van der Waals surface area contributed by atoms with Gasteiger partial charge >= 0.3 is 0 Å². The van der Waals surface area contributed by atoms with Gasteiger partial charge < -0.3 is 9.80 Å². The predicted octanol–water partition coefficient (Wildman–Crippen LogP) is 5.23. The van der Waals surface area contributed by atoms with Crippen LogP contribution in [0.15, 0.2) is 48.0 Å². The van der Waals surface area contributed by atoms with E-state index in [4.69, 9.17) is 11.6 Å². The minimum Gasteiger partial charge on any atom is -0.332 e. The lowest BCUT2D eigenvalue weighted by Crippen LogP contribution is -2.62. The number of amides is 4. The van der Waals surface area contributed by atoms with Gasteiger partial charge in [-0.1, -0.05) is 55.3 Å². The molecule has 1 aliphatic carbocycles. The van der Waals surface area contributed by atoms with Gasteiger partial charge in [0.15, 0.2) is 0 Å². The smallest absolute Gasteiger partial charge is 0.280 e. The number of hydrogen-bond acceptors (Lipinski definition) is 6. The summed E-state index contributed by atoms with van der Waals surface area (Å²) < 4.78 is 31.8. The second-order valence-corrected chi connectivity index (χ2v) is 15.7. The molecule has 0 radical (unpaired) electrons. The van der Waals surface area contributed by atoms with Crippen LogP contribution >= 0.6 is 11.6 Å². The van der Waals surface area contributed by atoms with Crippen molar-refractivity contribution in [2.45, 2.75) is 76.9 Å². The third kappa shape index (κ3) is 6.84. The number of piperidine rings is 2. The summed E-state index contributed by atoms with van der Waals surface area (Å²) in [6.45, 7) is 7.42. The maximum absolute atomic E-state index is 15.9. The lowest BCUT2D eigenvalue weighted by atomic mass is 9.72. The second kappa shape index (κ2) is 13.5. The number of allylic oxidation sites excluding steroid dienone is 1. The number of nitrogens with one attached hydrogen (secondary N) is 1. The largest absolute Gasteiger partial charge is 0.332 e. The number of alkyl halides is 2. The van der Waals surface area contributed by atoms with Crippen LogP contribution in [0.4, 0.5) is 8.78 Å². The molecule has 0 bridgehead atoms. The van der Waals surface area contributed by atoms with Gasteiger partial charge in [-0.2, -0.15) is 0 Å². The monoisotopic (exact) mass is 707 g/mol. The van der Waals surface area contributed by atoms with E-state index in [0.717, 1.165) is 25.8 Å². The van der Waals surface area contributed by atoms with Crippen LogP contribution in [-0.2, 0) is 16.1 Å². The molecule has 0 spiro atoms. The van der Waals surface area contributed by atoms with Gasteiger partial charge in [0.1, 0.15) is 6.04 Å². The number of rotatable bonds is 6. The number of carbonyl (C=O) groups excluding carboxylic acids is 4. The Labute approximate surface area is 296 Å². The lowest BCUT2D eigenvalue weighted by Gasteiger charge is -2.46. The van der Waals surface area contributed by atoms with Crippen molar-refractivity contribution in [1.29, 1.82) is 0 Å².